The van der Waals surface area contributed by atoms with E-state index in [4.69, 9.17) is 9.47 Å². The molecule has 0 radical (unpaired) electrons. The molecule has 2 unspecified atom stereocenters. The lowest BCUT2D eigenvalue weighted by atomic mass is 9.96. The van der Waals surface area contributed by atoms with E-state index in [1.54, 1.807) is 0 Å². The first-order chi connectivity index (χ1) is 13.3. The lowest BCUT2D eigenvalue weighted by Crippen LogP contribution is -2.30. The Morgan fingerprint density at radius 2 is 1.29 bits per heavy atom. The van der Waals surface area contributed by atoms with Crippen molar-refractivity contribution in [2.75, 3.05) is 6.61 Å². The molecule has 0 N–H and O–H groups in total. The Morgan fingerprint density at radius 1 is 0.750 bits per heavy atom. The highest BCUT2D eigenvalue weighted by molar-refractivity contribution is 5.70. The number of esters is 2. The monoisotopic (exact) mass is 398 g/mol. The summed E-state index contributed by atoms with van der Waals surface area (Å²) < 4.78 is 11.3. The van der Waals surface area contributed by atoms with Crippen LogP contribution in [0.2, 0.25) is 0 Å². The van der Waals surface area contributed by atoms with Crippen molar-refractivity contribution >= 4 is 11.9 Å². The molecule has 0 saturated heterocycles. The molecule has 0 aliphatic heterocycles. The fraction of sp³-hybridized carbons (Fsp3) is 0.917. The third-order valence-corrected chi connectivity index (χ3v) is 5.19. The van der Waals surface area contributed by atoms with Gasteiger partial charge in [-0.15, -0.1) is 0 Å². The van der Waals surface area contributed by atoms with Gasteiger partial charge in [0.2, 0.25) is 0 Å². The maximum absolute atomic E-state index is 12.2. The molecule has 28 heavy (non-hydrogen) atoms. The summed E-state index contributed by atoms with van der Waals surface area (Å²) in [5.74, 6) is 1.20. The Hall–Kier alpha value is -1.06. The van der Waals surface area contributed by atoms with Crippen LogP contribution < -0.4 is 0 Å². The standard InChI is InChI=1S/C24H46O4/c1-7-13-22(28-24(26)17-12-10-15-20(5)6)21(8-2)18-27-23(25)16-11-9-14-19(3)4/h19-22H,7-18H2,1-6H3. The molecule has 0 rings (SSSR count). The van der Waals surface area contributed by atoms with E-state index < -0.39 is 0 Å². The largest absolute Gasteiger partial charge is 0.465 e. The molecule has 0 aromatic carbocycles. The first-order valence-corrected chi connectivity index (χ1v) is 11.6. The number of rotatable bonds is 17. The number of hydrogen-bond acceptors (Lipinski definition) is 4. The average molecular weight is 399 g/mol. The van der Waals surface area contributed by atoms with Crippen molar-refractivity contribution < 1.29 is 19.1 Å². The third-order valence-electron chi connectivity index (χ3n) is 5.19. The van der Waals surface area contributed by atoms with Gasteiger partial charge in [0, 0.05) is 18.8 Å². The molecule has 0 bridgehead atoms. The Bertz CT molecular complexity index is 403. The molecule has 166 valence electrons. The minimum atomic E-state index is -0.152. The zero-order chi connectivity index (χ0) is 21.4. The lowest BCUT2D eigenvalue weighted by Gasteiger charge is -2.26. The van der Waals surface area contributed by atoms with E-state index in [1.807, 2.05) is 0 Å². The van der Waals surface area contributed by atoms with Gasteiger partial charge in [-0.05, 0) is 37.5 Å². The van der Waals surface area contributed by atoms with E-state index in [2.05, 4.69) is 41.5 Å². The molecule has 0 fully saturated rings. The van der Waals surface area contributed by atoms with Crippen LogP contribution in [-0.2, 0) is 19.1 Å². The van der Waals surface area contributed by atoms with E-state index in [-0.39, 0.29) is 24.0 Å². The summed E-state index contributed by atoms with van der Waals surface area (Å²) in [4.78, 5) is 24.2. The zero-order valence-corrected chi connectivity index (χ0v) is 19.4. The Kier molecular flexibility index (Phi) is 16.2. The van der Waals surface area contributed by atoms with Crippen LogP contribution in [0.25, 0.3) is 0 Å². The molecule has 0 heterocycles. The van der Waals surface area contributed by atoms with Crippen LogP contribution in [0.1, 0.15) is 112 Å². The molecule has 2 atom stereocenters. The molecule has 0 aliphatic rings. The van der Waals surface area contributed by atoms with Crippen LogP contribution >= 0.6 is 0 Å². The zero-order valence-electron chi connectivity index (χ0n) is 19.4. The van der Waals surface area contributed by atoms with Crippen LogP contribution in [0.5, 0.6) is 0 Å². The molecule has 0 amide bonds. The highest BCUT2D eigenvalue weighted by Crippen LogP contribution is 2.20. The number of carbonyl (C=O) groups is 2. The van der Waals surface area contributed by atoms with Gasteiger partial charge in [0.15, 0.2) is 0 Å². The second-order valence-corrected chi connectivity index (χ2v) is 8.95. The van der Waals surface area contributed by atoms with Gasteiger partial charge in [0.25, 0.3) is 0 Å². The molecule has 0 aromatic rings. The molecule has 0 saturated carbocycles. The molecule has 0 aromatic heterocycles. The summed E-state index contributed by atoms with van der Waals surface area (Å²) in [6.07, 6.45) is 9.63. The van der Waals surface area contributed by atoms with Crippen molar-refractivity contribution in [3.8, 4) is 0 Å². The first kappa shape index (κ1) is 26.9. The maximum atomic E-state index is 12.2. The second-order valence-electron chi connectivity index (χ2n) is 8.95. The number of unbranched alkanes of at least 4 members (excludes halogenated alkanes) is 2. The van der Waals surface area contributed by atoms with Crippen LogP contribution in [-0.4, -0.2) is 24.6 Å². The van der Waals surface area contributed by atoms with Crippen LogP contribution in [0, 0.1) is 17.8 Å². The molecule has 0 spiro atoms. The van der Waals surface area contributed by atoms with Gasteiger partial charge in [-0.25, -0.2) is 0 Å². The van der Waals surface area contributed by atoms with Gasteiger partial charge in [0.1, 0.15) is 6.10 Å². The summed E-state index contributed by atoms with van der Waals surface area (Å²) in [6.45, 7) is 13.3. The SMILES string of the molecule is CCCC(OC(=O)CCCCC(C)C)C(CC)COC(=O)CCCCC(C)C. The second kappa shape index (κ2) is 16.9. The van der Waals surface area contributed by atoms with E-state index >= 15 is 0 Å². The molecular formula is C24H46O4. The normalized spacial score (nSPS) is 13.6. The van der Waals surface area contributed by atoms with Crippen LogP contribution in [0.4, 0.5) is 0 Å². The number of hydrogen-bond donors (Lipinski definition) is 0. The van der Waals surface area contributed by atoms with Crippen molar-refractivity contribution in [2.45, 2.75) is 118 Å². The lowest BCUT2D eigenvalue weighted by molar-refractivity contribution is -0.156. The van der Waals surface area contributed by atoms with Crippen molar-refractivity contribution in [3.05, 3.63) is 0 Å². The van der Waals surface area contributed by atoms with Gasteiger partial charge >= 0.3 is 11.9 Å². The summed E-state index contributed by atoms with van der Waals surface area (Å²) in [6, 6.07) is 0. The molecular weight excluding hydrogens is 352 g/mol. The molecule has 0 aliphatic carbocycles. The van der Waals surface area contributed by atoms with E-state index in [1.165, 1.54) is 0 Å². The topological polar surface area (TPSA) is 52.6 Å². The van der Waals surface area contributed by atoms with Gasteiger partial charge in [-0.1, -0.05) is 73.6 Å². The summed E-state index contributed by atoms with van der Waals surface area (Å²) in [7, 11) is 0. The highest BCUT2D eigenvalue weighted by Gasteiger charge is 2.24. The van der Waals surface area contributed by atoms with Gasteiger partial charge in [-0.2, -0.15) is 0 Å². The van der Waals surface area contributed by atoms with Crippen molar-refractivity contribution in [1.29, 1.82) is 0 Å². The Labute approximate surface area is 174 Å². The quantitative estimate of drug-likeness (QED) is 0.202. The van der Waals surface area contributed by atoms with E-state index in [9.17, 15) is 9.59 Å². The van der Waals surface area contributed by atoms with E-state index in [0.717, 1.165) is 57.8 Å². The number of ether oxygens (including phenoxy) is 2. The smallest absolute Gasteiger partial charge is 0.306 e. The third kappa shape index (κ3) is 14.9. The fourth-order valence-electron chi connectivity index (χ4n) is 3.31. The predicted octanol–water partition coefficient (Wildman–Crippen LogP) is 6.70. The molecule has 4 heteroatoms. The Morgan fingerprint density at radius 3 is 1.75 bits per heavy atom. The van der Waals surface area contributed by atoms with Gasteiger partial charge in [0.05, 0.1) is 6.61 Å². The fourth-order valence-corrected chi connectivity index (χ4v) is 3.31. The van der Waals surface area contributed by atoms with Crippen molar-refractivity contribution in [3.63, 3.8) is 0 Å². The summed E-state index contributed by atoms with van der Waals surface area (Å²) >= 11 is 0. The predicted molar refractivity (Wildman–Crippen MR) is 116 cm³/mol. The van der Waals surface area contributed by atoms with E-state index in [0.29, 0.717) is 31.3 Å². The Balaban J connectivity index is 4.31. The molecule has 4 nitrogen and oxygen atoms in total. The first-order valence-electron chi connectivity index (χ1n) is 11.6. The van der Waals surface area contributed by atoms with Crippen molar-refractivity contribution in [1.82, 2.24) is 0 Å². The van der Waals surface area contributed by atoms with Crippen molar-refractivity contribution in [2.24, 2.45) is 17.8 Å². The van der Waals surface area contributed by atoms with Gasteiger partial charge in [-0.3, -0.25) is 9.59 Å². The average Bonchev–Trinajstić information content (AvgIpc) is 2.62. The summed E-state index contributed by atoms with van der Waals surface area (Å²) in [5.41, 5.74) is 0. The minimum absolute atomic E-state index is 0.0826. The maximum Gasteiger partial charge on any atom is 0.306 e. The highest BCUT2D eigenvalue weighted by atomic mass is 16.6. The van der Waals surface area contributed by atoms with Crippen LogP contribution in [0.15, 0.2) is 0 Å². The van der Waals surface area contributed by atoms with Gasteiger partial charge < -0.3 is 9.47 Å². The minimum Gasteiger partial charge on any atom is -0.465 e. The number of carbonyl (C=O) groups excluding carboxylic acids is 2. The summed E-state index contributed by atoms with van der Waals surface area (Å²) in [5, 5.41) is 0. The van der Waals surface area contributed by atoms with Crippen LogP contribution in [0.3, 0.4) is 0 Å².